The zero-order chi connectivity index (χ0) is 18.8. The van der Waals surface area contributed by atoms with Crippen molar-refractivity contribution in [1.29, 1.82) is 0 Å². The summed E-state index contributed by atoms with van der Waals surface area (Å²) in [5, 5.41) is 3.98. The second kappa shape index (κ2) is 8.12. The van der Waals surface area contributed by atoms with Crippen molar-refractivity contribution in [1.82, 2.24) is 14.7 Å². The summed E-state index contributed by atoms with van der Waals surface area (Å²) in [5.41, 5.74) is -0.876. The van der Waals surface area contributed by atoms with Crippen molar-refractivity contribution in [3.05, 3.63) is 10.8 Å². The molecule has 5 nitrogen and oxygen atoms in total. The van der Waals surface area contributed by atoms with Crippen molar-refractivity contribution in [3.63, 3.8) is 0 Å². The summed E-state index contributed by atoms with van der Waals surface area (Å²) in [6.45, 7) is 6.08. The highest BCUT2D eigenvalue weighted by atomic mass is 35.5. The summed E-state index contributed by atoms with van der Waals surface area (Å²) in [6, 6.07) is -0.0737. The van der Waals surface area contributed by atoms with Crippen LogP contribution in [-0.4, -0.2) is 44.7 Å². The SMILES string of the molecule is Cn1nc(C(F)F)c(SCC2CCCCN2C(=O)OC(C)(C)C)c1Cl. The van der Waals surface area contributed by atoms with Crippen molar-refractivity contribution in [3.8, 4) is 0 Å². The Hall–Kier alpha value is -1.02. The Morgan fingerprint density at radius 2 is 2.12 bits per heavy atom. The van der Waals surface area contributed by atoms with Gasteiger partial charge in [-0.3, -0.25) is 4.68 Å². The number of thioether (sulfide) groups is 1. The Labute approximate surface area is 156 Å². The lowest BCUT2D eigenvalue weighted by atomic mass is 10.0. The zero-order valence-corrected chi connectivity index (χ0v) is 16.5. The number of piperidine rings is 1. The van der Waals surface area contributed by atoms with Crippen LogP contribution in [-0.2, 0) is 11.8 Å². The Kier molecular flexibility index (Phi) is 6.59. The minimum atomic E-state index is -2.69. The molecule has 1 saturated heterocycles. The van der Waals surface area contributed by atoms with E-state index in [9.17, 15) is 13.6 Å². The number of amides is 1. The van der Waals surface area contributed by atoms with Gasteiger partial charge in [-0.1, -0.05) is 11.6 Å². The van der Waals surface area contributed by atoms with Crippen LogP contribution in [0.2, 0.25) is 5.15 Å². The van der Waals surface area contributed by atoms with Crippen molar-refractivity contribution in [2.45, 2.75) is 63.0 Å². The molecule has 1 unspecified atom stereocenters. The topological polar surface area (TPSA) is 47.4 Å². The molecule has 1 aliphatic rings. The molecule has 0 saturated carbocycles. The number of alkyl halides is 2. The quantitative estimate of drug-likeness (QED) is 0.681. The van der Waals surface area contributed by atoms with Gasteiger partial charge in [0.1, 0.15) is 16.4 Å². The molecule has 25 heavy (non-hydrogen) atoms. The molecule has 9 heteroatoms. The minimum absolute atomic E-state index is 0.0737. The smallest absolute Gasteiger partial charge is 0.410 e. The first-order valence-electron chi connectivity index (χ1n) is 8.23. The molecule has 0 aromatic carbocycles. The zero-order valence-electron chi connectivity index (χ0n) is 14.9. The van der Waals surface area contributed by atoms with Gasteiger partial charge in [-0.2, -0.15) is 5.10 Å². The molecule has 0 bridgehead atoms. The van der Waals surface area contributed by atoms with Crippen LogP contribution in [0.1, 0.15) is 52.2 Å². The van der Waals surface area contributed by atoms with Crippen LogP contribution >= 0.6 is 23.4 Å². The lowest BCUT2D eigenvalue weighted by Gasteiger charge is -2.36. The van der Waals surface area contributed by atoms with Crippen molar-refractivity contribution in [2.24, 2.45) is 7.05 Å². The van der Waals surface area contributed by atoms with E-state index in [0.717, 1.165) is 19.3 Å². The molecular formula is C16H24ClF2N3O2S. The summed E-state index contributed by atoms with van der Waals surface area (Å²) >= 11 is 7.33. The van der Waals surface area contributed by atoms with Gasteiger partial charge in [-0.05, 0) is 40.0 Å². The monoisotopic (exact) mass is 395 g/mol. The Morgan fingerprint density at radius 1 is 1.44 bits per heavy atom. The summed E-state index contributed by atoms with van der Waals surface area (Å²) in [6.07, 6.45) is -0.323. The number of ether oxygens (including phenoxy) is 1. The van der Waals surface area contributed by atoms with E-state index in [1.165, 1.54) is 23.5 Å². The molecule has 1 atom stereocenters. The number of likely N-dealkylation sites (tertiary alicyclic amines) is 1. The van der Waals surface area contributed by atoms with Crippen LogP contribution in [0.3, 0.4) is 0 Å². The van der Waals surface area contributed by atoms with E-state index in [2.05, 4.69) is 5.10 Å². The molecule has 1 amide bonds. The summed E-state index contributed by atoms with van der Waals surface area (Å²) < 4.78 is 33.0. The summed E-state index contributed by atoms with van der Waals surface area (Å²) in [5.74, 6) is 0.477. The van der Waals surface area contributed by atoms with Crippen LogP contribution in [0.15, 0.2) is 4.90 Å². The molecule has 1 aromatic heterocycles. The van der Waals surface area contributed by atoms with Crippen LogP contribution in [0.5, 0.6) is 0 Å². The number of aromatic nitrogens is 2. The maximum Gasteiger partial charge on any atom is 0.410 e. The second-order valence-electron chi connectivity index (χ2n) is 7.06. The minimum Gasteiger partial charge on any atom is -0.444 e. The van der Waals surface area contributed by atoms with Gasteiger partial charge in [0.15, 0.2) is 0 Å². The Morgan fingerprint density at radius 3 is 2.72 bits per heavy atom. The maximum absolute atomic E-state index is 13.1. The van der Waals surface area contributed by atoms with Gasteiger partial charge in [-0.25, -0.2) is 13.6 Å². The standard InChI is InChI=1S/C16H24ClF2N3O2S/c1-16(2,3)24-15(23)22-8-6-5-7-10(22)9-25-12-11(14(18)19)20-21(4)13(12)17/h10,14H,5-9H2,1-4H3. The third-order valence-corrected chi connectivity index (χ3v) is 5.63. The molecule has 0 aliphatic carbocycles. The highest BCUT2D eigenvalue weighted by Crippen LogP contribution is 2.37. The van der Waals surface area contributed by atoms with E-state index in [0.29, 0.717) is 12.3 Å². The third-order valence-electron chi connectivity index (χ3n) is 3.84. The molecule has 0 spiro atoms. The van der Waals surface area contributed by atoms with Crippen molar-refractivity contribution < 1.29 is 18.3 Å². The Balaban J connectivity index is 2.09. The molecule has 2 heterocycles. The van der Waals surface area contributed by atoms with Gasteiger partial charge in [-0.15, -0.1) is 11.8 Å². The molecule has 1 fully saturated rings. The van der Waals surface area contributed by atoms with E-state index in [4.69, 9.17) is 16.3 Å². The lowest BCUT2D eigenvalue weighted by molar-refractivity contribution is 0.0125. The molecule has 1 aromatic rings. The number of hydrogen-bond acceptors (Lipinski definition) is 4. The average molecular weight is 396 g/mol. The van der Waals surface area contributed by atoms with Gasteiger partial charge < -0.3 is 9.64 Å². The van der Waals surface area contributed by atoms with E-state index in [1.807, 2.05) is 20.8 Å². The summed E-state index contributed by atoms with van der Waals surface area (Å²) in [4.78, 5) is 14.4. The number of aryl methyl sites for hydroxylation is 1. The molecule has 1 aliphatic heterocycles. The first kappa shape index (κ1) is 20.3. The van der Waals surface area contributed by atoms with Gasteiger partial charge in [0, 0.05) is 25.4 Å². The maximum atomic E-state index is 13.1. The van der Waals surface area contributed by atoms with Crippen molar-refractivity contribution in [2.75, 3.05) is 12.3 Å². The first-order valence-corrected chi connectivity index (χ1v) is 9.59. The van der Waals surface area contributed by atoms with Gasteiger partial charge in [0.05, 0.1) is 4.90 Å². The van der Waals surface area contributed by atoms with E-state index < -0.39 is 12.0 Å². The second-order valence-corrected chi connectivity index (χ2v) is 8.45. The Bertz CT molecular complexity index is 619. The van der Waals surface area contributed by atoms with Crippen LogP contribution in [0.4, 0.5) is 13.6 Å². The average Bonchev–Trinajstić information content (AvgIpc) is 2.79. The predicted octanol–water partition coefficient (Wildman–Crippen LogP) is 4.89. The fourth-order valence-electron chi connectivity index (χ4n) is 2.69. The van der Waals surface area contributed by atoms with E-state index in [1.54, 1.807) is 4.90 Å². The summed E-state index contributed by atoms with van der Waals surface area (Å²) in [7, 11) is 1.53. The molecule has 0 radical (unpaired) electrons. The number of carbonyl (C=O) groups excluding carboxylic acids is 1. The van der Waals surface area contributed by atoms with Crippen molar-refractivity contribution >= 4 is 29.5 Å². The number of hydrogen-bond donors (Lipinski definition) is 0. The molecular weight excluding hydrogens is 372 g/mol. The number of rotatable bonds is 4. The van der Waals surface area contributed by atoms with Crippen LogP contribution in [0, 0.1) is 0 Å². The normalized spacial score (nSPS) is 18.7. The lowest BCUT2D eigenvalue weighted by Crippen LogP contribution is -2.47. The van der Waals surface area contributed by atoms with Crippen LogP contribution in [0.25, 0.3) is 0 Å². The largest absolute Gasteiger partial charge is 0.444 e. The molecule has 2 rings (SSSR count). The first-order chi connectivity index (χ1) is 11.6. The molecule has 0 N–H and O–H groups in total. The van der Waals surface area contributed by atoms with E-state index >= 15 is 0 Å². The van der Waals surface area contributed by atoms with E-state index in [-0.39, 0.29) is 27.9 Å². The number of nitrogens with zero attached hydrogens (tertiary/aromatic N) is 3. The highest BCUT2D eigenvalue weighted by Gasteiger charge is 2.31. The molecule has 142 valence electrons. The fraction of sp³-hybridized carbons (Fsp3) is 0.750. The predicted molar refractivity (Wildman–Crippen MR) is 94.5 cm³/mol. The van der Waals surface area contributed by atoms with Crippen LogP contribution < -0.4 is 0 Å². The highest BCUT2D eigenvalue weighted by molar-refractivity contribution is 7.99. The third kappa shape index (κ3) is 5.23. The van der Waals surface area contributed by atoms with Gasteiger partial charge in [0.25, 0.3) is 6.43 Å². The van der Waals surface area contributed by atoms with Gasteiger partial charge in [0.2, 0.25) is 0 Å². The number of halogens is 3. The fourth-order valence-corrected chi connectivity index (χ4v) is 4.23. The van der Waals surface area contributed by atoms with Gasteiger partial charge >= 0.3 is 6.09 Å². The number of carbonyl (C=O) groups is 1.